The van der Waals surface area contributed by atoms with Gasteiger partial charge in [-0.05, 0) is 63.1 Å². The molecule has 0 radical (unpaired) electrons. The second kappa shape index (κ2) is 7.31. The van der Waals surface area contributed by atoms with Gasteiger partial charge in [0.25, 0.3) is 0 Å². The Morgan fingerprint density at radius 1 is 1.14 bits per heavy atom. The molecule has 118 valence electrons. The molecule has 0 heterocycles. The predicted molar refractivity (Wildman–Crippen MR) is 89.7 cm³/mol. The number of hydrogen-bond acceptors (Lipinski definition) is 2. The molecule has 1 aliphatic carbocycles. The molecule has 1 saturated carbocycles. The van der Waals surface area contributed by atoms with Crippen LogP contribution in [0.3, 0.4) is 0 Å². The fourth-order valence-corrected chi connectivity index (χ4v) is 3.31. The molecule has 0 amide bonds. The van der Waals surface area contributed by atoms with Crippen LogP contribution in [0.1, 0.15) is 65.5 Å². The van der Waals surface area contributed by atoms with E-state index in [1.165, 1.54) is 24.8 Å². The molecule has 1 aromatic rings. The van der Waals surface area contributed by atoms with Gasteiger partial charge in [0.1, 0.15) is 5.75 Å². The normalized spacial score (nSPS) is 27.6. The van der Waals surface area contributed by atoms with Gasteiger partial charge in [-0.15, -0.1) is 0 Å². The van der Waals surface area contributed by atoms with E-state index in [-0.39, 0.29) is 6.10 Å². The summed E-state index contributed by atoms with van der Waals surface area (Å²) in [6.45, 7) is 11.2. The minimum absolute atomic E-state index is 0.225. The second-order valence-electron chi connectivity index (χ2n) is 7.13. The summed E-state index contributed by atoms with van der Waals surface area (Å²) in [5, 5.41) is 3.84. The molecule has 2 heteroatoms. The van der Waals surface area contributed by atoms with E-state index in [2.05, 4.69) is 58.1 Å². The van der Waals surface area contributed by atoms with E-state index in [0.717, 1.165) is 17.6 Å². The van der Waals surface area contributed by atoms with Crippen LogP contribution in [0.5, 0.6) is 5.75 Å². The molecular weight excluding hydrogens is 258 g/mol. The Morgan fingerprint density at radius 2 is 1.90 bits per heavy atom. The van der Waals surface area contributed by atoms with E-state index >= 15 is 0 Å². The van der Waals surface area contributed by atoms with Crippen LogP contribution in [-0.2, 0) is 0 Å². The molecule has 0 spiro atoms. The molecular formula is C19H31NO. The van der Waals surface area contributed by atoms with Crippen LogP contribution in [0.25, 0.3) is 0 Å². The summed E-state index contributed by atoms with van der Waals surface area (Å²) < 4.78 is 5.81. The molecule has 21 heavy (non-hydrogen) atoms. The number of hydrogen-bond donors (Lipinski definition) is 1. The first-order chi connectivity index (χ1) is 9.95. The zero-order valence-electron chi connectivity index (χ0n) is 14.2. The molecule has 2 rings (SSSR count). The summed E-state index contributed by atoms with van der Waals surface area (Å²) in [4.78, 5) is 0. The highest BCUT2D eigenvalue weighted by Crippen LogP contribution is 2.30. The van der Waals surface area contributed by atoms with Crippen molar-refractivity contribution in [1.29, 1.82) is 0 Å². The quantitative estimate of drug-likeness (QED) is 0.828. The lowest BCUT2D eigenvalue weighted by Gasteiger charge is -2.35. The maximum Gasteiger partial charge on any atom is 0.120 e. The van der Waals surface area contributed by atoms with Crippen molar-refractivity contribution in [1.82, 2.24) is 5.32 Å². The van der Waals surface area contributed by atoms with Crippen molar-refractivity contribution >= 4 is 0 Å². The SMILES string of the molecule is CC1CCC(C)C(NC(C)c2cccc(OC(C)C)c2)C1. The van der Waals surface area contributed by atoms with Crippen molar-refractivity contribution in [3.63, 3.8) is 0 Å². The van der Waals surface area contributed by atoms with E-state index in [1.54, 1.807) is 0 Å². The van der Waals surface area contributed by atoms with Crippen molar-refractivity contribution in [3.05, 3.63) is 29.8 Å². The van der Waals surface area contributed by atoms with Crippen LogP contribution in [0.2, 0.25) is 0 Å². The Hall–Kier alpha value is -1.02. The first-order valence-corrected chi connectivity index (χ1v) is 8.48. The Morgan fingerprint density at radius 3 is 2.62 bits per heavy atom. The van der Waals surface area contributed by atoms with Crippen molar-refractivity contribution in [2.24, 2.45) is 11.8 Å². The van der Waals surface area contributed by atoms with Crippen molar-refractivity contribution < 1.29 is 4.74 Å². The molecule has 4 unspecified atom stereocenters. The van der Waals surface area contributed by atoms with Crippen LogP contribution < -0.4 is 10.1 Å². The topological polar surface area (TPSA) is 21.3 Å². The standard InChI is InChI=1S/C19H31NO/c1-13(2)21-18-8-6-7-17(12-18)16(5)20-19-11-14(3)9-10-15(19)4/h6-8,12-16,19-20H,9-11H2,1-5H3. The Bertz CT molecular complexity index is 443. The first-order valence-electron chi connectivity index (χ1n) is 8.48. The summed E-state index contributed by atoms with van der Waals surface area (Å²) in [6, 6.07) is 9.52. The van der Waals surface area contributed by atoms with E-state index < -0.39 is 0 Å². The molecule has 0 aromatic heterocycles. The predicted octanol–water partition coefficient (Wildman–Crippen LogP) is 4.95. The molecule has 0 aliphatic heterocycles. The summed E-state index contributed by atoms with van der Waals surface area (Å²) in [5.74, 6) is 2.60. The minimum atomic E-state index is 0.225. The van der Waals surface area contributed by atoms with Gasteiger partial charge < -0.3 is 10.1 Å². The van der Waals surface area contributed by atoms with Crippen LogP contribution in [0, 0.1) is 11.8 Å². The third kappa shape index (κ3) is 4.74. The highest BCUT2D eigenvalue weighted by molar-refractivity contribution is 5.30. The summed E-state index contributed by atoms with van der Waals surface area (Å²) >= 11 is 0. The number of rotatable bonds is 5. The zero-order chi connectivity index (χ0) is 15.4. The molecule has 4 atom stereocenters. The lowest BCUT2D eigenvalue weighted by molar-refractivity contribution is 0.215. The van der Waals surface area contributed by atoms with Gasteiger partial charge in [-0.3, -0.25) is 0 Å². The lowest BCUT2D eigenvalue weighted by Crippen LogP contribution is -2.40. The third-order valence-electron chi connectivity index (χ3n) is 4.65. The maximum atomic E-state index is 5.81. The highest BCUT2D eigenvalue weighted by atomic mass is 16.5. The monoisotopic (exact) mass is 289 g/mol. The van der Waals surface area contributed by atoms with Crippen LogP contribution in [0.15, 0.2) is 24.3 Å². The molecule has 0 bridgehead atoms. The summed E-state index contributed by atoms with van der Waals surface area (Å²) in [7, 11) is 0. The average molecular weight is 289 g/mol. The Kier molecular flexibility index (Phi) is 5.69. The van der Waals surface area contributed by atoms with E-state index in [1.807, 2.05) is 6.07 Å². The Labute approximate surface area is 130 Å². The summed E-state index contributed by atoms with van der Waals surface area (Å²) in [6.07, 6.45) is 4.25. The van der Waals surface area contributed by atoms with Gasteiger partial charge in [-0.25, -0.2) is 0 Å². The lowest BCUT2D eigenvalue weighted by atomic mass is 9.79. The zero-order valence-corrected chi connectivity index (χ0v) is 14.2. The van der Waals surface area contributed by atoms with Crippen LogP contribution >= 0.6 is 0 Å². The fraction of sp³-hybridized carbons (Fsp3) is 0.684. The fourth-order valence-electron chi connectivity index (χ4n) is 3.31. The molecule has 1 N–H and O–H groups in total. The second-order valence-corrected chi connectivity index (χ2v) is 7.13. The largest absolute Gasteiger partial charge is 0.491 e. The van der Waals surface area contributed by atoms with Crippen LogP contribution in [0.4, 0.5) is 0 Å². The molecule has 1 fully saturated rings. The molecule has 1 aliphatic rings. The first kappa shape index (κ1) is 16.4. The van der Waals surface area contributed by atoms with Gasteiger partial charge in [-0.2, -0.15) is 0 Å². The highest BCUT2D eigenvalue weighted by Gasteiger charge is 2.26. The van der Waals surface area contributed by atoms with Crippen molar-refractivity contribution in [2.75, 3.05) is 0 Å². The average Bonchev–Trinajstić information content (AvgIpc) is 2.42. The van der Waals surface area contributed by atoms with Gasteiger partial charge in [0, 0.05) is 12.1 Å². The van der Waals surface area contributed by atoms with E-state index in [9.17, 15) is 0 Å². The minimum Gasteiger partial charge on any atom is -0.491 e. The van der Waals surface area contributed by atoms with E-state index in [4.69, 9.17) is 4.74 Å². The number of benzene rings is 1. The number of nitrogens with one attached hydrogen (secondary N) is 1. The maximum absolute atomic E-state index is 5.81. The van der Waals surface area contributed by atoms with Gasteiger partial charge in [0.15, 0.2) is 0 Å². The van der Waals surface area contributed by atoms with Crippen LogP contribution in [-0.4, -0.2) is 12.1 Å². The molecule has 2 nitrogen and oxygen atoms in total. The smallest absolute Gasteiger partial charge is 0.120 e. The van der Waals surface area contributed by atoms with Gasteiger partial charge in [-0.1, -0.05) is 32.4 Å². The van der Waals surface area contributed by atoms with Gasteiger partial charge in [0.2, 0.25) is 0 Å². The summed E-state index contributed by atoms with van der Waals surface area (Å²) in [5.41, 5.74) is 1.32. The van der Waals surface area contributed by atoms with Crippen molar-refractivity contribution in [3.8, 4) is 5.75 Å². The molecule has 0 saturated heterocycles. The number of ether oxygens (including phenoxy) is 1. The Balaban J connectivity index is 2.00. The van der Waals surface area contributed by atoms with Gasteiger partial charge in [0.05, 0.1) is 6.10 Å². The van der Waals surface area contributed by atoms with Crippen molar-refractivity contribution in [2.45, 2.75) is 72.1 Å². The van der Waals surface area contributed by atoms with E-state index in [0.29, 0.717) is 12.1 Å². The molecule has 1 aromatic carbocycles. The third-order valence-corrected chi connectivity index (χ3v) is 4.65. The van der Waals surface area contributed by atoms with Gasteiger partial charge >= 0.3 is 0 Å².